The Bertz CT molecular complexity index is 817. The number of ether oxygens (including phenoxy) is 1. The number of aryl methyl sites for hydroxylation is 1. The zero-order valence-electron chi connectivity index (χ0n) is 13.6. The van der Waals surface area contributed by atoms with Gasteiger partial charge in [0.1, 0.15) is 5.75 Å². The van der Waals surface area contributed by atoms with E-state index in [9.17, 15) is 8.42 Å². The number of halogens is 1. The van der Waals surface area contributed by atoms with Crippen molar-refractivity contribution in [2.45, 2.75) is 31.6 Å². The van der Waals surface area contributed by atoms with Gasteiger partial charge in [0.25, 0.3) is 10.0 Å². The smallest absolute Gasteiger partial charge is 0.261 e. The summed E-state index contributed by atoms with van der Waals surface area (Å²) in [4.78, 5) is 0.193. The Kier molecular flexibility index (Phi) is 5.22. The fraction of sp³-hybridized carbons (Fsp3) is 0.294. The second kappa shape index (κ2) is 6.81. The molecule has 1 N–H and O–H groups in total. The monoisotopic (exact) mass is 353 g/mol. The fourth-order valence-corrected chi connectivity index (χ4v) is 3.47. The molecule has 0 saturated carbocycles. The molecule has 4 nitrogen and oxygen atoms in total. The quantitative estimate of drug-likeness (QED) is 0.855. The minimum absolute atomic E-state index is 0.147. The van der Waals surface area contributed by atoms with Crippen LogP contribution in [0.3, 0.4) is 0 Å². The van der Waals surface area contributed by atoms with Crippen LogP contribution in [-0.2, 0) is 10.0 Å². The van der Waals surface area contributed by atoms with Gasteiger partial charge in [0.15, 0.2) is 0 Å². The van der Waals surface area contributed by atoms with Gasteiger partial charge in [0.2, 0.25) is 0 Å². The van der Waals surface area contributed by atoms with E-state index in [1.54, 1.807) is 37.4 Å². The molecule has 2 rings (SSSR count). The van der Waals surface area contributed by atoms with Crippen molar-refractivity contribution < 1.29 is 13.2 Å². The van der Waals surface area contributed by atoms with E-state index in [1.807, 2.05) is 20.8 Å². The van der Waals surface area contributed by atoms with Crippen LogP contribution in [0.4, 0.5) is 5.69 Å². The normalized spacial score (nSPS) is 11.6. The first-order valence-corrected chi connectivity index (χ1v) is 9.07. The number of hydrogen-bond acceptors (Lipinski definition) is 3. The first-order valence-electron chi connectivity index (χ1n) is 7.21. The lowest BCUT2D eigenvalue weighted by atomic mass is 10.0. The summed E-state index contributed by atoms with van der Waals surface area (Å²) in [6.45, 7) is 5.84. The number of anilines is 1. The molecule has 0 unspecified atom stereocenters. The van der Waals surface area contributed by atoms with Crippen LogP contribution >= 0.6 is 11.6 Å². The Labute approximate surface area is 142 Å². The molecule has 0 fully saturated rings. The van der Waals surface area contributed by atoms with Gasteiger partial charge in [-0.2, -0.15) is 0 Å². The Morgan fingerprint density at radius 2 is 1.83 bits per heavy atom. The summed E-state index contributed by atoms with van der Waals surface area (Å²) in [5, 5.41) is 0.516. The van der Waals surface area contributed by atoms with Gasteiger partial charge in [-0.3, -0.25) is 4.72 Å². The van der Waals surface area contributed by atoms with Gasteiger partial charge in [-0.1, -0.05) is 31.5 Å². The van der Waals surface area contributed by atoms with Crippen molar-refractivity contribution in [1.82, 2.24) is 0 Å². The minimum Gasteiger partial charge on any atom is -0.496 e. The van der Waals surface area contributed by atoms with Crippen molar-refractivity contribution in [1.29, 1.82) is 0 Å². The highest BCUT2D eigenvalue weighted by Gasteiger charge is 2.18. The highest BCUT2D eigenvalue weighted by atomic mass is 35.5. The van der Waals surface area contributed by atoms with Crippen molar-refractivity contribution in [2.75, 3.05) is 11.8 Å². The molecule has 0 atom stereocenters. The van der Waals surface area contributed by atoms with E-state index >= 15 is 0 Å². The van der Waals surface area contributed by atoms with Crippen LogP contribution in [0.25, 0.3) is 0 Å². The Morgan fingerprint density at radius 3 is 2.39 bits per heavy atom. The molecule has 0 bridgehead atoms. The Balaban J connectivity index is 2.39. The largest absolute Gasteiger partial charge is 0.496 e. The SMILES string of the molecule is COc1ccc(S(=O)(=O)Nc2ccc(C)c(Cl)c2)cc1C(C)C. The van der Waals surface area contributed by atoms with Gasteiger partial charge >= 0.3 is 0 Å². The topological polar surface area (TPSA) is 55.4 Å². The van der Waals surface area contributed by atoms with E-state index in [0.29, 0.717) is 16.5 Å². The van der Waals surface area contributed by atoms with Crippen LogP contribution in [0.2, 0.25) is 5.02 Å². The van der Waals surface area contributed by atoms with Crippen LogP contribution in [0.5, 0.6) is 5.75 Å². The third kappa shape index (κ3) is 3.98. The Morgan fingerprint density at radius 1 is 1.13 bits per heavy atom. The molecule has 0 amide bonds. The maximum Gasteiger partial charge on any atom is 0.261 e. The molecule has 23 heavy (non-hydrogen) atoms. The lowest BCUT2D eigenvalue weighted by molar-refractivity contribution is 0.407. The van der Waals surface area contributed by atoms with Crippen molar-refractivity contribution in [3.05, 3.63) is 52.5 Å². The van der Waals surface area contributed by atoms with E-state index < -0.39 is 10.0 Å². The van der Waals surface area contributed by atoms with Gasteiger partial charge in [-0.15, -0.1) is 0 Å². The van der Waals surface area contributed by atoms with Crippen LogP contribution in [0, 0.1) is 6.92 Å². The molecule has 0 spiro atoms. The van der Waals surface area contributed by atoms with Gasteiger partial charge < -0.3 is 4.74 Å². The summed E-state index contributed by atoms with van der Waals surface area (Å²) in [7, 11) is -2.12. The maximum atomic E-state index is 12.6. The van der Waals surface area contributed by atoms with E-state index in [0.717, 1.165) is 11.1 Å². The zero-order valence-corrected chi connectivity index (χ0v) is 15.1. The lowest BCUT2D eigenvalue weighted by Crippen LogP contribution is -2.13. The van der Waals surface area contributed by atoms with Gasteiger partial charge in [0.05, 0.1) is 17.7 Å². The molecule has 0 aliphatic carbocycles. The highest BCUT2D eigenvalue weighted by Crippen LogP contribution is 2.30. The first-order chi connectivity index (χ1) is 10.7. The van der Waals surface area contributed by atoms with Crippen molar-refractivity contribution in [3.8, 4) is 5.75 Å². The fourth-order valence-electron chi connectivity index (χ4n) is 2.20. The molecule has 0 radical (unpaired) electrons. The number of methoxy groups -OCH3 is 1. The summed E-state index contributed by atoms with van der Waals surface area (Å²) < 4.78 is 33.0. The standard InChI is InChI=1S/C17H20ClNO3S/c1-11(2)15-10-14(7-8-17(15)22-4)23(20,21)19-13-6-5-12(3)16(18)9-13/h5-11,19H,1-4H3. The number of sulfonamides is 1. The molecule has 0 saturated heterocycles. The molecular weight excluding hydrogens is 334 g/mol. The van der Waals surface area contributed by atoms with Crippen molar-refractivity contribution >= 4 is 27.3 Å². The number of rotatable bonds is 5. The second-order valence-electron chi connectivity index (χ2n) is 5.63. The average Bonchev–Trinajstić information content (AvgIpc) is 2.50. The molecule has 0 aromatic heterocycles. The third-order valence-corrected chi connectivity index (χ3v) is 5.34. The Hall–Kier alpha value is -1.72. The zero-order chi connectivity index (χ0) is 17.2. The molecule has 124 valence electrons. The van der Waals surface area contributed by atoms with Crippen LogP contribution in [0.15, 0.2) is 41.3 Å². The molecule has 0 aliphatic heterocycles. The van der Waals surface area contributed by atoms with Crippen LogP contribution < -0.4 is 9.46 Å². The predicted molar refractivity (Wildman–Crippen MR) is 94.1 cm³/mol. The van der Waals surface area contributed by atoms with Crippen molar-refractivity contribution in [2.24, 2.45) is 0 Å². The number of hydrogen-bond donors (Lipinski definition) is 1. The van der Waals surface area contributed by atoms with Gasteiger partial charge in [-0.25, -0.2) is 8.42 Å². The van der Waals surface area contributed by atoms with Crippen LogP contribution in [-0.4, -0.2) is 15.5 Å². The van der Waals surface area contributed by atoms with Crippen molar-refractivity contribution in [3.63, 3.8) is 0 Å². The van der Waals surface area contributed by atoms with Gasteiger partial charge in [-0.05, 0) is 54.3 Å². The molecule has 2 aromatic rings. The maximum absolute atomic E-state index is 12.6. The van der Waals surface area contributed by atoms with E-state index in [-0.39, 0.29) is 10.8 Å². The summed E-state index contributed by atoms with van der Waals surface area (Å²) in [5.41, 5.74) is 2.17. The van der Waals surface area contributed by atoms with Crippen LogP contribution in [0.1, 0.15) is 30.9 Å². The summed E-state index contributed by atoms with van der Waals surface area (Å²) in [5.74, 6) is 0.825. The number of benzene rings is 2. The summed E-state index contributed by atoms with van der Waals surface area (Å²) in [6, 6.07) is 9.90. The summed E-state index contributed by atoms with van der Waals surface area (Å²) >= 11 is 6.04. The van der Waals surface area contributed by atoms with E-state index in [2.05, 4.69) is 4.72 Å². The average molecular weight is 354 g/mol. The molecule has 2 aromatic carbocycles. The summed E-state index contributed by atoms with van der Waals surface area (Å²) in [6.07, 6.45) is 0. The van der Waals surface area contributed by atoms with E-state index in [4.69, 9.17) is 16.3 Å². The highest BCUT2D eigenvalue weighted by molar-refractivity contribution is 7.92. The molecule has 0 aliphatic rings. The number of nitrogens with one attached hydrogen (secondary N) is 1. The second-order valence-corrected chi connectivity index (χ2v) is 7.72. The molecular formula is C17H20ClNO3S. The lowest BCUT2D eigenvalue weighted by Gasteiger charge is -2.15. The predicted octanol–water partition coefficient (Wildman–Crippen LogP) is 4.58. The first kappa shape index (κ1) is 17.6. The minimum atomic E-state index is -3.69. The van der Waals surface area contributed by atoms with E-state index in [1.165, 1.54) is 6.07 Å². The molecule has 0 heterocycles. The third-order valence-electron chi connectivity index (χ3n) is 3.56. The van der Waals surface area contributed by atoms with Gasteiger partial charge in [0, 0.05) is 5.02 Å². The molecule has 6 heteroatoms.